The molecule has 4 nitrogen and oxygen atoms in total. The second kappa shape index (κ2) is 8.30. The summed E-state index contributed by atoms with van der Waals surface area (Å²) in [4.78, 5) is 16.4. The van der Waals surface area contributed by atoms with E-state index in [0.717, 1.165) is 38.0 Å². The molecule has 1 amide bonds. The fourth-order valence-electron chi connectivity index (χ4n) is 3.29. The Morgan fingerprint density at radius 3 is 2.64 bits per heavy atom. The number of carbonyl (C=O) groups excluding carboxylic acids is 1. The molecular weight excluding hydrogens is 276 g/mol. The molecule has 2 rings (SSSR count). The second-order valence-corrected chi connectivity index (χ2v) is 5.99. The largest absolute Gasteiger partial charge is 0.388 e. The first-order valence-corrected chi connectivity index (χ1v) is 8.40. The highest BCUT2D eigenvalue weighted by atomic mass is 16.3. The molecule has 1 aliphatic heterocycles. The second-order valence-electron chi connectivity index (χ2n) is 5.99. The van der Waals surface area contributed by atoms with E-state index < -0.39 is 6.10 Å². The summed E-state index contributed by atoms with van der Waals surface area (Å²) in [7, 11) is 0. The highest BCUT2D eigenvalue weighted by Gasteiger charge is 2.29. The number of aliphatic hydroxyl groups excluding tert-OH is 1. The van der Waals surface area contributed by atoms with E-state index in [1.54, 1.807) is 0 Å². The molecule has 1 aromatic carbocycles. The van der Waals surface area contributed by atoms with Gasteiger partial charge in [-0.2, -0.15) is 0 Å². The Bertz CT molecular complexity index is 459. The number of hydrogen-bond donors (Lipinski definition) is 1. The molecule has 1 aliphatic rings. The van der Waals surface area contributed by atoms with Crippen molar-refractivity contribution in [1.82, 2.24) is 9.80 Å². The van der Waals surface area contributed by atoms with Gasteiger partial charge in [-0.05, 0) is 45.2 Å². The molecule has 2 atom stereocenters. The minimum atomic E-state index is -0.449. The molecule has 0 bridgehead atoms. The third-order valence-corrected chi connectivity index (χ3v) is 4.63. The maximum Gasteiger partial charge on any atom is 0.236 e. The molecule has 0 aliphatic carbocycles. The third-order valence-electron chi connectivity index (χ3n) is 4.63. The lowest BCUT2D eigenvalue weighted by Gasteiger charge is -2.28. The van der Waals surface area contributed by atoms with Crippen LogP contribution in [0.15, 0.2) is 30.3 Å². The number of nitrogens with zero attached hydrogens (tertiary/aromatic N) is 2. The molecule has 0 saturated carbocycles. The Hall–Kier alpha value is -1.39. The third kappa shape index (κ3) is 4.31. The van der Waals surface area contributed by atoms with Gasteiger partial charge in [-0.15, -0.1) is 0 Å². The van der Waals surface area contributed by atoms with Crippen molar-refractivity contribution in [2.75, 3.05) is 26.2 Å². The molecule has 1 N–H and O–H groups in total. The van der Waals surface area contributed by atoms with E-state index in [1.807, 2.05) is 49.1 Å². The summed E-state index contributed by atoms with van der Waals surface area (Å²) in [6, 6.07) is 10.1. The fourth-order valence-corrected chi connectivity index (χ4v) is 3.29. The van der Waals surface area contributed by atoms with Crippen LogP contribution in [0, 0.1) is 0 Å². The van der Waals surface area contributed by atoms with E-state index in [-0.39, 0.29) is 5.91 Å². The van der Waals surface area contributed by atoms with Crippen molar-refractivity contribution in [3.63, 3.8) is 0 Å². The summed E-state index contributed by atoms with van der Waals surface area (Å²) < 4.78 is 0. The van der Waals surface area contributed by atoms with E-state index in [2.05, 4.69) is 4.90 Å². The summed E-state index contributed by atoms with van der Waals surface area (Å²) in [6.45, 7) is 7.00. The summed E-state index contributed by atoms with van der Waals surface area (Å²) in [6.07, 6.45) is 2.43. The molecule has 4 heteroatoms. The molecule has 22 heavy (non-hydrogen) atoms. The van der Waals surface area contributed by atoms with E-state index in [9.17, 15) is 9.90 Å². The quantitative estimate of drug-likeness (QED) is 0.841. The van der Waals surface area contributed by atoms with Gasteiger partial charge in [0.25, 0.3) is 0 Å². The summed E-state index contributed by atoms with van der Waals surface area (Å²) in [5, 5.41) is 10.4. The van der Waals surface area contributed by atoms with Crippen LogP contribution in [-0.2, 0) is 4.79 Å². The maximum atomic E-state index is 12.3. The van der Waals surface area contributed by atoms with Crippen LogP contribution in [0.25, 0.3) is 0 Å². The van der Waals surface area contributed by atoms with Crippen LogP contribution < -0.4 is 0 Å². The maximum absolute atomic E-state index is 12.3. The van der Waals surface area contributed by atoms with Crippen LogP contribution in [-0.4, -0.2) is 53.0 Å². The van der Waals surface area contributed by atoms with Gasteiger partial charge >= 0.3 is 0 Å². The van der Waals surface area contributed by atoms with Gasteiger partial charge in [0.05, 0.1) is 12.6 Å². The Balaban J connectivity index is 1.92. The van der Waals surface area contributed by atoms with Crippen molar-refractivity contribution in [3.05, 3.63) is 35.9 Å². The molecule has 1 fully saturated rings. The minimum Gasteiger partial charge on any atom is -0.388 e. The molecule has 1 saturated heterocycles. The normalized spacial score (nSPS) is 20.0. The van der Waals surface area contributed by atoms with Crippen LogP contribution in [0.2, 0.25) is 0 Å². The average molecular weight is 304 g/mol. The Morgan fingerprint density at radius 1 is 1.32 bits per heavy atom. The van der Waals surface area contributed by atoms with E-state index in [4.69, 9.17) is 0 Å². The Labute approximate surface area is 133 Å². The summed E-state index contributed by atoms with van der Waals surface area (Å²) in [5.41, 5.74) is 0.962. The number of benzene rings is 1. The molecule has 0 spiro atoms. The number of likely N-dealkylation sites (tertiary alicyclic amines) is 1. The lowest BCUT2D eigenvalue weighted by molar-refractivity contribution is -0.132. The first kappa shape index (κ1) is 17.0. The number of hydrogen-bond acceptors (Lipinski definition) is 3. The van der Waals surface area contributed by atoms with Gasteiger partial charge in [0.2, 0.25) is 5.91 Å². The van der Waals surface area contributed by atoms with Gasteiger partial charge in [0.1, 0.15) is 0 Å². The van der Waals surface area contributed by atoms with E-state index in [1.165, 1.54) is 0 Å². The number of amides is 1. The predicted molar refractivity (Wildman–Crippen MR) is 88.5 cm³/mol. The van der Waals surface area contributed by atoms with Crippen LogP contribution in [0.1, 0.15) is 44.8 Å². The summed E-state index contributed by atoms with van der Waals surface area (Å²) in [5.74, 6) is 0.200. The van der Waals surface area contributed by atoms with E-state index >= 15 is 0 Å². The van der Waals surface area contributed by atoms with Crippen molar-refractivity contribution >= 4 is 5.91 Å². The molecule has 1 aromatic rings. The monoisotopic (exact) mass is 304 g/mol. The zero-order chi connectivity index (χ0) is 15.9. The predicted octanol–water partition coefficient (Wildman–Crippen LogP) is 2.44. The van der Waals surface area contributed by atoms with Gasteiger partial charge < -0.3 is 10.0 Å². The zero-order valence-corrected chi connectivity index (χ0v) is 13.7. The Morgan fingerprint density at radius 2 is 2.00 bits per heavy atom. The Kier molecular flexibility index (Phi) is 6.40. The van der Waals surface area contributed by atoms with Gasteiger partial charge in [-0.3, -0.25) is 9.69 Å². The first-order chi connectivity index (χ1) is 10.7. The summed E-state index contributed by atoms with van der Waals surface area (Å²) >= 11 is 0. The van der Waals surface area contributed by atoms with Crippen molar-refractivity contribution in [3.8, 4) is 0 Å². The molecule has 0 radical (unpaired) electrons. The number of aliphatic hydroxyl groups is 1. The van der Waals surface area contributed by atoms with Gasteiger partial charge in [-0.1, -0.05) is 30.3 Å². The number of carbonyl (C=O) groups is 1. The number of likely N-dealkylation sites (N-methyl/N-ethyl adjacent to an activating group) is 1. The van der Waals surface area contributed by atoms with Crippen molar-refractivity contribution < 1.29 is 9.90 Å². The smallest absolute Gasteiger partial charge is 0.236 e. The van der Waals surface area contributed by atoms with Crippen molar-refractivity contribution in [2.24, 2.45) is 0 Å². The first-order valence-electron chi connectivity index (χ1n) is 8.40. The van der Waals surface area contributed by atoms with Gasteiger partial charge in [-0.25, -0.2) is 0 Å². The van der Waals surface area contributed by atoms with Crippen molar-refractivity contribution in [2.45, 2.75) is 45.3 Å². The van der Waals surface area contributed by atoms with E-state index in [0.29, 0.717) is 19.0 Å². The van der Waals surface area contributed by atoms with Crippen LogP contribution in [0.5, 0.6) is 0 Å². The van der Waals surface area contributed by atoms with Gasteiger partial charge in [0, 0.05) is 19.1 Å². The molecule has 2 unspecified atom stereocenters. The van der Waals surface area contributed by atoms with Crippen LogP contribution in [0.4, 0.5) is 0 Å². The lowest BCUT2D eigenvalue weighted by atomic mass is 10.0. The number of rotatable bonds is 7. The highest BCUT2D eigenvalue weighted by Crippen LogP contribution is 2.27. The molecule has 122 valence electrons. The minimum absolute atomic E-state index is 0.200. The van der Waals surface area contributed by atoms with Crippen LogP contribution >= 0.6 is 0 Å². The molecule has 0 aromatic heterocycles. The van der Waals surface area contributed by atoms with Crippen LogP contribution in [0.3, 0.4) is 0 Å². The lowest BCUT2D eigenvalue weighted by Crippen LogP contribution is -2.42. The zero-order valence-electron chi connectivity index (χ0n) is 13.7. The standard InChI is InChI=1S/C18H28N2O2/c1-3-19(4-2)18(22)14-20-12-8-11-16(20)13-17(21)15-9-6-5-7-10-15/h5-7,9-10,16-17,21H,3-4,8,11-14H2,1-2H3. The van der Waals surface area contributed by atoms with Gasteiger partial charge in [0.15, 0.2) is 0 Å². The average Bonchev–Trinajstić information content (AvgIpc) is 2.96. The van der Waals surface area contributed by atoms with Crippen molar-refractivity contribution in [1.29, 1.82) is 0 Å². The fraction of sp³-hybridized carbons (Fsp3) is 0.611. The highest BCUT2D eigenvalue weighted by molar-refractivity contribution is 5.78. The molecular formula is C18H28N2O2. The SMILES string of the molecule is CCN(CC)C(=O)CN1CCCC1CC(O)c1ccccc1. The molecule has 1 heterocycles. The topological polar surface area (TPSA) is 43.8 Å².